The van der Waals surface area contributed by atoms with Crippen LogP contribution >= 0.6 is 15.9 Å². The third-order valence-electron chi connectivity index (χ3n) is 2.41. The molecule has 0 aromatic heterocycles. The molecule has 1 aromatic carbocycles. The Bertz CT molecular complexity index is 519. The maximum atomic E-state index is 11.5. The van der Waals surface area contributed by atoms with Crippen LogP contribution in [0.1, 0.15) is 12.5 Å². The van der Waals surface area contributed by atoms with E-state index in [4.69, 9.17) is 5.73 Å². The number of nitrogens with one attached hydrogen (secondary N) is 1. The van der Waals surface area contributed by atoms with Crippen molar-refractivity contribution >= 4 is 33.7 Å². The highest BCUT2D eigenvalue weighted by Crippen LogP contribution is 2.13. The molecule has 1 aromatic rings. The second-order valence-electron chi connectivity index (χ2n) is 4.14. The fourth-order valence-corrected chi connectivity index (χ4v) is 1.97. The molecule has 0 aliphatic carbocycles. The predicted octanol–water partition coefficient (Wildman–Crippen LogP) is 0.525. The Morgan fingerprint density at radius 2 is 2.10 bits per heavy atom. The van der Waals surface area contributed by atoms with E-state index in [9.17, 15) is 14.4 Å². The first-order valence-corrected chi connectivity index (χ1v) is 6.64. The molecule has 0 aliphatic heterocycles. The average molecular weight is 343 g/mol. The van der Waals surface area contributed by atoms with Crippen LogP contribution in [-0.4, -0.2) is 30.4 Å². The van der Waals surface area contributed by atoms with Gasteiger partial charge in [0.25, 0.3) is 5.91 Å². The number of amides is 2. The van der Waals surface area contributed by atoms with Crippen molar-refractivity contribution < 1.29 is 19.1 Å². The van der Waals surface area contributed by atoms with Gasteiger partial charge < -0.3 is 15.8 Å². The Kier molecular flexibility index (Phi) is 6.17. The van der Waals surface area contributed by atoms with Crippen LogP contribution in [0.3, 0.4) is 0 Å². The molecule has 0 unspecified atom stereocenters. The highest BCUT2D eigenvalue weighted by atomic mass is 79.9. The minimum Gasteiger partial charge on any atom is -0.456 e. The van der Waals surface area contributed by atoms with Crippen LogP contribution < -0.4 is 11.1 Å². The van der Waals surface area contributed by atoms with Crippen LogP contribution in [0.25, 0.3) is 0 Å². The van der Waals surface area contributed by atoms with Gasteiger partial charge in [-0.05, 0) is 17.7 Å². The predicted molar refractivity (Wildman–Crippen MR) is 75.6 cm³/mol. The van der Waals surface area contributed by atoms with Crippen LogP contribution in [0.5, 0.6) is 0 Å². The standard InChI is InChI=1S/C13H15BrN2O4/c1-8(17)20-7-12(18)16-11(13(15)19)6-9-3-2-4-10(14)5-9/h2-5,11H,6-7H2,1H3,(H2,15,19)(H,16,18)/t11-/m1/s1. The number of carbonyl (C=O) groups is 3. The van der Waals surface area contributed by atoms with Gasteiger partial charge in [-0.25, -0.2) is 0 Å². The van der Waals surface area contributed by atoms with Crippen molar-refractivity contribution in [1.82, 2.24) is 5.32 Å². The van der Waals surface area contributed by atoms with E-state index < -0.39 is 30.4 Å². The summed E-state index contributed by atoms with van der Waals surface area (Å²) in [5.41, 5.74) is 6.10. The number of esters is 1. The zero-order chi connectivity index (χ0) is 15.1. The molecule has 0 fully saturated rings. The number of ether oxygens (including phenoxy) is 1. The van der Waals surface area contributed by atoms with Crippen LogP contribution in [0.15, 0.2) is 28.7 Å². The quantitative estimate of drug-likeness (QED) is 0.736. The summed E-state index contributed by atoms with van der Waals surface area (Å²) in [6.45, 7) is 0.762. The van der Waals surface area contributed by atoms with E-state index >= 15 is 0 Å². The molecule has 2 amide bonds. The molecule has 7 heteroatoms. The number of benzene rings is 1. The molecule has 3 N–H and O–H groups in total. The largest absolute Gasteiger partial charge is 0.456 e. The average Bonchev–Trinajstić information content (AvgIpc) is 2.35. The van der Waals surface area contributed by atoms with Crippen LogP contribution in [0.4, 0.5) is 0 Å². The van der Waals surface area contributed by atoms with Crippen molar-refractivity contribution in [2.24, 2.45) is 5.73 Å². The van der Waals surface area contributed by atoms with Gasteiger partial charge in [-0.15, -0.1) is 0 Å². The Labute approximate surface area is 124 Å². The molecule has 0 aliphatic rings. The molecule has 108 valence electrons. The molecule has 0 bridgehead atoms. The topological polar surface area (TPSA) is 98.5 Å². The summed E-state index contributed by atoms with van der Waals surface area (Å²) in [4.78, 5) is 33.5. The summed E-state index contributed by atoms with van der Waals surface area (Å²) in [5.74, 6) is -1.79. The maximum Gasteiger partial charge on any atom is 0.303 e. The molecular formula is C13H15BrN2O4. The molecule has 0 radical (unpaired) electrons. The van der Waals surface area contributed by atoms with Gasteiger partial charge in [0.15, 0.2) is 6.61 Å². The minimum atomic E-state index is -0.854. The third kappa shape index (κ3) is 5.83. The molecule has 20 heavy (non-hydrogen) atoms. The van der Waals surface area contributed by atoms with Crippen molar-refractivity contribution in [2.45, 2.75) is 19.4 Å². The lowest BCUT2D eigenvalue weighted by atomic mass is 10.1. The monoisotopic (exact) mass is 342 g/mol. The zero-order valence-corrected chi connectivity index (χ0v) is 12.5. The lowest BCUT2D eigenvalue weighted by Crippen LogP contribution is -2.47. The summed E-state index contributed by atoms with van der Waals surface area (Å²) in [7, 11) is 0. The van der Waals surface area contributed by atoms with E-state index in [0.717, 1.165) is 10.0 Å². The summed E-state index contributed by atoms with van der Waals surface area (Å²) >= 11 is 3.32. The second kappa shape index (κ2) is 7.64. The maximum absolute atomic E-state index is 11.5. The molecule has 6 nitrogen and oxygen atoms in total. The van der Waals surface area contributed by atoms with Crippen LogP contribution in [0, 0.1) is 0 Å². The first-order chi connectivity index (χ1) is 9.38. The Morgan fingerprint density at radius 1 is 1.40 bits per heavy atom. The zero-order valence-electron chi connectivity index (χ0n) is 10.9. The van der Waals surface area contributed by atoms with E-state index in [1.165, 1.54) is 6.92 Å². The molecule has 0 saturated carbocycles. The molecule has 0 saturated heterocycles. The summed E-state index contributed by atoms with van der Waals surface area (Å²) < 4.78 is 5.41. The van der Waals surface area contributed by atoms with Crippen molar-refractivity contribution in [2.75, 3.05) is 6.61 Å². The summed E-state index contributed by atoms with van der Waals surface area (Å²) in [6, 6.07) is 6.46. The van der Waals surface area contributed by atoms with Gasteiger partial charge in [-0.3, -0.25) is 14.4 Å². The van der Waals surface area contributed by atoms with E-state index in [0.29, 0.717) is 0 Å². The summed E-state index contributed by atoms with van der Waals surface area (Å²) in [5, 5.41) is 2.43. The number of halogens is 1. The van der Waals surface area contributed by atoms with Gasteiger partial charge in [-0.2, -0.15) is 0 Å². The normalized spacial score (nSPS) is 11.5. The van der Waals surface area contributed by atoms with Crippen molar-refractivity contribution in [1.29, 1.82) is 0 Å². The molecular weight excluding hydrogens is 328 g/mol. The van der Waals surface area contributed by atoms with Gasteiger partial charge in [-0.1, -0.05) is 28.1 Å². The number of carbonyl (C=O) groups excluding carboxylic acids is 3. The Balaban J connectivity index is 2.63. The lowest BCUT2D eigenvalue weighted by molar-refractivity contribution is -0.146. The van der Waals surface area contributed by atoms with E-state index in [-0.39, 0.29) is 6.42 Å². The summed E-state index contributed by atoms with van der Waals surface area (Å²) in [6.07, 6.45) is 0.264. The van der Waals surface area contributed by atoms with Crippen LogP contribution in [-0.2, 0) is 25.5 Å². The second-order valence-corrected chi connectivity index (χ2v) is 5.05. The van der Waals surface area contributed by atoms with Gasteiger partial charge >= 0.3 is 5.97 Å². The first-order valence-electron chi connectivity index (χ1n) is 5.85. The SMILES string of the molecule is CC(=O)OCC(=O)N[C@H](Cc1cccc(Br)c1)C(N)=O. The van der Waals surface area contributed by atoms with Crippen LogP contribution in [0.2, 0.25) is 0 Å². The van der Waals surface area contributed by atoms with Gasteiger partial charge in [0, 0.05) is 17.8 Å². The number of rotatable bonds is 6. The number of hydrogen-bond donors (Lipinski definition) is 2. The lowest BCUT2D eigenvalue weighted by Gasteiger charge is -2.15. The highest BCUT2D eigenvalue weighted by Gasteiger charge is 2.19. The molecule has 0 heterocycles. The Morgan fingerprint density at radius 3 is 2.65 bits per heavy atom. The number of hydrogen-bond acceptors (Lipinski definition) is 4. The van der Waals surface area contributed by atoms with Crippen molar-refractivity contribution in [3.8, 4) is 0 Å². The van der Waals surface area contributed by atoms with Gasteiger partial charge in [0.2, 0.25) is 5.91 Å². The smallest absolute Gasteiger partial charge is 0.303 e. The number of nitrogens with two attached hydrogens (primary N) is 1. The minimum absolute atomic E-state index is 0.264. The molecule has 1 atom stereocenters. The fourth-order valence-electron chi connectivity index (χ4n) is 1.53. The fraction of sp³-hybridized carbons (Fsp3) is 0.308. The van der Waals surface area contributed by atoms with E-state index in [2.05, 4.69) is 26.0 Å². The highest BCUT2D eigenvalue weighted by molar-refractivity contribution is 9.10. The third-order valence-corrected chi connectivity index (χ3v) is 2.91. The molecule has 0 spiro atoms. The van der Waals surface area contributed by atoms with Crippen molar-refractivity contribution in [3.05, 3.63) is 34.3 Å². The Hall–Kier alpha value is -1.89. The van der Waals surface area contributed by atoms with Gasteiger partial charge in [0.1, 0.15) is 6.04 Å². The van der Waals surface area contributed by atoms with Crippen molar-refractivity contribution in [3.63, 3.8) is 0 Å². The molecule has 1 rings (SSSR count). The van der Waals surface area contributed by atoms with Gasteiger partial charge in [0.05, 0.1) is 0 Å². The van der Waals surface area contributed by atoms with E-state index in [1.807, 2.05) is 24.3 Å². The first kappa shape index (κ1) is 16.2. The van der Waals surface area contributed by atoms with E-state index in [1.54, 1.807) is 0 Å². The number of primary amides is 1.